The van der Waals surface area contributed by atoms with Crippen molar-refractivity contribution < 1.29 is 8.78 Å². The van der Waals surface area contributed by atoms with Gasteiger partial charge in [0, 0.05) is 50.1 Å². The van der Waals surface area contributed by atoms with Crippen molar-refractivity contribution in [3.8, 4) is 0 Å². The maximum absolute atomic E-state index is 13.4. The zero-order chi connectivity index (χ0) is 21.5. The highest BCUT2D eigenvalue weighted by molar-refractivity contribution is 7.11. The van der Waals surface area contributed by atoms with Crippen molar-refractivity contribution in [1.82, 2.24) is 20.5 Å². The number of piperidine rings is 1. The summed E-state index contributed by atoms with van der Waals surface area (Å²) >= 11 is 1.75. The summed E-state index contributed by atoms with van der Waals surface area (Å²) in [5.41, 5.74) is 1.92. The molecule has 0 atom stereocenters. The SMILES string of the molecule is CCNC(=NCCc1sc(C)nc1C)NC1CCN(Cc2ccc(F)c(F)c2)CC1. The molecule has 3 rings (SSSR count). The fourth-order valence-corrected chi connectivity index (χ4v) is 4.65. The molecular weight excluding hydrogens is 404 g/mol. The molecule has 164 valence electrons. The van der Waals surface area contributed by atoms with Gasteiger partial charge in [-0.05, 0) is 51.3 Å². The summed E-state index contributed by atoms with van der Waals surface area (Å²) < 4.78 is 26.5. The molecule has 0 bridgehead atoms. The van der Waals surface area contributed by atoms with E-state index < -0.39 is 11.6 Å². The second kappa shape index (κ2) is 10.8. The number of rotatable bonds is 7. The zero-order valence-corrected chi connectivity index (χ0v) is 18.8. The van der Waals surface area contributed by atoms with Crippen LogP contribution >= 0.6 is 11.3 Å². The summed E-state index contributed by atoms with van der Waals surface area (Å²) in [7, 11) is 0. The topological polar surface area (TPSA) is 52.6 Å². The fourth-order valence-electron chi connectivity index (χ4n) is 3.72. The number of aryl methyl sites for hydroxylation is 2. The van der Waals surface area contributed by atoms with Crippen molar-refractivity contribution in [2.24, 2.45) is 4.99 Å². The van der Waals surface area contributed by atoms with Crippen LogP contribution in [0.15, 0.2) is 23.2 Å². The van der Waals surface area contributed by atoms with Crippen LogP contribution < -0.4 is 10.6 Å². The average molecular weight is 436 g/mol. The van der Waals surface area contributed by atoms with E-state index >= 15 is 0 Å². The molecule has 0 amide bonds. The van der Waals surface area contributed by atoms with Gasteiger partial charge < -0.3 is 10.6 Å². The number of halogens is 2. The smallest absolute Gasteiger partial charge is 0.191 e. The first kappa shape index (κ1) is 22.6. The predicted octanol–water partition coefficient (Wildman–Crippen LogP) is 3.80. The molecule has 2 N–H and O–H groups in total. The van der Waals surface area contributed by atoms with Gasteiger partial charge in [0.15, 0.2) is 17.6 Å². The Bertz CT molecular complexity index is 859. The zero-order valence-electron chi connectivity index (χ0n) is 18.0. The normalized spacial score (nSPS) is 16.1. The van der Waals surface area contributed by atoms with E-state index in [1.165, 1.54) is 17.0 Å². The first-order valence-corrected chi connectivity index (χ1v) is 11.4. The van der Waals surface area contributed by atoms with Crippen molar-refractivity contribution in [3.05, 3.63) is 51.0 Å². The number of guanidine groups is 1. The van der Waals surface area contributed by atoms with Crippen LogP contribution in [-0.2, 0) is 13.0 Å². The predicted molar refractivity (Wildman–Crippen MR) is 119 cm³/mol. The Morgan fingerprint density at radius 3 is 2.63 bits per heavy atom. The van der Waals surface area contributed by atoms with E-state index in [1.807, 2.05) is 6.92 Å². The fraction of sp³-hybridized carbons (Fsp3) is 0.545. The Hall–Kier alpha value is -2.06. The number of nitrogens with zero attached hydrogens (tertiary/aromatic N) is 3. The van der Waals surface area contributed by atoms with Gasteiger partial charge in [-0.3, -0.25) is 9.89 Å². The van der Waals surface area contributed by atoms with Gasteiger partial charge in [0.1, 0.15) is 0 Å². The average Bonchev–Trinajstić information content (AvgIpc) is 3.03. The number of nitrogens with one attached hydrogen (secondary N) is 2. The summed E-state index contributed by atoms with van der Waals surface area (Å²) in [6.45, 7) is 10.2. The Kier molecular flexibility index (Phi) is 8.16. The lowest BCUT2D eigenvalue weighted by molar-refractivity contribution is 0.198. The minimum absolute atomic E-state index is 0.358. The van der Waals surface area contributed by atoms with Gasteiger partial charge in [0.05, 0.1) is 10.7 Å². The highest BCUT2D eigenvalue weighted by atomic mass is 32.1. The van der Waals surface area contributed by atoms with Crippen molar-refractivity contribution in [3.63, 3.8) is 0 Å². The van der Waals surface area contributed by atoms with Gasteiger partial charge in [-0.15, -0.1) is 11.3 Å². The molecule has 8 heteroatoms. The number of likely N-dealkylation sites (tertiary alicyclic amines) is 1. The maximum atomic E-state index is 13.4. The summed E-state index contributed by atoms with van der Waals surface area (Å²) in [5, 5.41) is 7.99. The van der Waals surface area contributed by atoms with Crippen LogP contribution in [-0.4, -0.2) is 48.1 Å². The molecule has 1 aromatic carbocycles. The second-order valence-electron chi connectivity index (χ2n) is 7.70. The highest BCUT2D eigenvalue weighted by Crippen LogP contribution is 2.18. The monoisotopic (exact) mass is 435 g/mol. The van der Waals surface area contributed by atoms with Crippen LogP contribution in [0.3, 0.4) is 0 Å². The van der Waals surface area contributed by atoms with Crippen LogP contribution in [0.5, 0.6) is 0 Å². The number of benzene rings is 1. The summed E-state index contributed by atoms with van der Waals surface area (Å²) in [6, 6.07) is 4.51. The number of hydrogen-bond acceptors (Lipinski definition) is 4. The molecule has 0 spiro atoms. The largest absolute Gasteiger partial charge is 0.357 e. The minimum Gasteiger partial charge on any atom is -0.357 e. The molecule has 30 heavy (non-hydrogen) atoms. The lowest BCUT2D eigenvalue weighted by Crippen LogP contribution is -2.48. The summed E-state index contributed by atoms with van der Waals surface area (Å²) in [6.07, 6.45) is 2.88. The molecule has 0 aliphatic carbocycles. The number of hydrogen-bond donors (Lipinski definition) is 2. The standard InChI is InChI=1S/C22H31F2N5S/c1-4-25-22(26-10-7-21-15(2)27-16(3)30-21)28-18-8-11-29(12-9-18)14-17-5-6-19(23)20(24)13-17/h5-6,13,18H,4,7-12,14H2,1-3H3,(H2,25,26,28). The van der Waals surface area contributed by atoms with Crippen molar-refractivity contribution in [2.75, 3.05) is 26.2 Å². The molecule has 1 aliphatic heterocycles. The number of aromatic nitrogens is 1. The molecule has 1 aliphatic rings. The van der Waals surface area contributed by atoms with Crippen molar-refractivity contribution in [1.29, 1.82) is 0 Å². The Labute approximate surface area is 181 Å². The second-order valence-corrected chi connectivity index (χ2v) is 8.98. The minimum atomic E-state index is -0.794. The van der Waals surface area contributed by atoms with Crippen LogP contribution in [0.1, 0.15) is 40.9 Å². The highest BCUT2D eigenvalue weighted by Gasteiger charge is 2.20. The molecule has 1 saturated heterocycles. The molecule has 2 heterocycles. The lowest BCUT2D eigenvalue weighted by Gasteiger charge is -2.33. The van der Waals surface area contributed by atoms with E-state index in [1.54, 1.807) is 17.4 Å². The van der Waals surface area contributed by atoms with E-state index in [4.69, 9.17) is 4.99 Å². The third-order valence-electron chi connectivity index (χ3n) is 5.27. The molecule has 5 nitrogen and oxygen atoms in total. The molecule has 0 unspecified atom stereocenters. The quantitative estimate of drug-likeness (QED) is 0.513. The van der Waals surface area contributed by atoms with Crippen LogP contribution in [0, 0.1) is 25.5 Å². The first-order chi connectivity index (χ1) is 14.4. The van der Waals surface area contributed by atoms with E-state index in [0.717, 1.165) is 67.7 Å². The molecule has 1 aromatic heterocycles. The van der Waals surface area contributed by atoms with E-state index in [9.17, 15) is 8.78 Å². The summed E-state index contributed by atoms with van der Waals surface area (Å²) in [5.74, 6) is -0.716. The molecular formula is C22H31F2N5S. The number of aliphatic imine (C=N–C) groups is 1. The molecule has 2 aromatic rings. The third-order valence-corrected chi connectivity index (χ3v) is 6.40. The molecule has 1 fully saturated rings. The van der Waals surface area contributed by atoms with Crippen LogP contribution in [0.2, 0.25) is 0 Å². The molecule has 0 radical (unpaired) electrons. The van der Waals surface area contributed by atoms with Gasteiger partial charge in [-0.2, -0.15) is 0 Å². The van der Waals surface area contributed by atoms with Crippen LogP contribution in [0.4, 0.5) is 8.78 Å². The van der Waals surface area contributed by atoms with Crippen LogP contribution in [0.25, 0.3) is 0 Å². The molecule has 0 saturated carbocycles. The first-order valence-electron chi connectivity index (χ1n) is 10.6. The number of thiazole rings is 1. The van der Waals surface area contributed by atoms with Gasteiger partial charge in [-0.25, -0.2) is 13.8 Å². The van der Waals surface area contributed by atoms with E-state index in [2.05, 4.69) is 34.4 Å². The Morgan fingerprint density at radius 1 is 1.23 bits per heavy atom. The maximum Gasteiger partial charge on any atom is 0.191 e. The Balaban J connectivity index is 1.47. The van der Waals surface area contributed by atoms with E-state index in [0.29, 0.717) is 12.6 Å². The summed E-state index contributed by atoms with van der Waals surface area (Å²) in [4.78, 5) is 12.8. The lowest BCUT2D eigenvalue weighted by atomic mass is 10.0. The van der Waals surface area contributed by atoms with Gasteiger partial charge in [-0.1, -0.05) is 6.07 Å². The van der Waals surface area contributed by atoms with Crippen molar-refractivity contribution >= 4 is 17.3 Å². The van der Waals surface area contributed by atoms with E-state index in [-0.39, 0.29) is 0 Å². The van der Waals surface area contributed by atoms with Crippen molar-refractivity contribution in [2.45, 2.75) is 52.6 Å². The Morgan fingerprint density at radius 2 is 2.00 bits per heavy atom. The van der Waals surface area contributed by atoms with Gasteiger partial charge in [0.2, 0.25) is 0 Å². The third kappa shape index (κ3) is 6.47. The van der Waals surface area contributed by atoms with Gasteiger partial charge >= 0.3 is 0 Å². The van der Waals surface area contributed by atoms with Gasteiger partial charge in [0.25, 0.3) is 0 Å².